The Labute approximate surface area is 119 Å². The van der Waals surface area contributed by atoms with E-state index in [0.717, 1.165) is 31.5 Å². The number of aryl methyl sites for hydroxylation is 2. The predicted octanol–water partition coefficient (Wildman–Crippen LogP) is 1.65. The van der Waals surface area contributed by atoms with Crippen LogP contribution in [0.5, 0.6) is 0 Å². The van der Waals surface area contributed by atoms with E-state index in [0.29, 0.717) is 23.3 Å². The van der Waals surface area contributed by atoms with Gasteiger partial charge < -0.3 is 5.32 Å². The molecule has 0 spiro atoms. The van der Waals surface area contributed by atoms with Crippen LogP contribution in [0.25, 0.3) is 0 Å². The van der Waals surface area contributed by atoms with E-state index >= 15 is 0 Å². The van der Waals surface area contributed by atoms with Gasteiger partial charge in [-0.3, -0.25) is 0 Å². The number of aromatic nitrogens is 1. The highest BCUT2D eigenvalue weighted by Gasteiger charge is 2.33. The van der Waals surface area contributed by atoms with E-state index < -0.39 is 9.84 Å². The molecule has 1 aromatic heterocycles. The molecule has 2 rings (SSSR count). The van der Waals surface area contributed by atoms with Crippen LogP contribution in [-0.4, -0.2) is 38.5 Å². The van der Waals surface area contributed by atoms with Gasteiger partial charge in [-0.1, -0.05) is 0 Å². The van der Waals surface area contributed by atoms with Gasteiger partial charge >= 0.3 is 0 Å². The Balaban J connectivity index is 1.95. The lowest BCUT2D eigenvalue weighted by Crippen LogP contribution is -2.27. The molecule has 0 aromatic carbocycles. The van der Waals surface area contributed by atoms with Crippen LogP contribution in [0.2, 0.25) is 0 Å². The predicted molar refractivity (Wildman–Crippen MR) is 79.3 cm³/mol. The van der Waals surface area contributed by atoms with Crippen molar-refractivity contribution in [3.8, 4) is 0 Å². The second kappa shape index (κ2) is 6.33. The summed E-state index contributed by atoms with van der Waals surface area (Å²) in [5, 5.41) is 3.21. The minimum absolute atomic E-state index is 0.325. The van der Waals surface area contributed by atoms with Crippen LogP contribution in [0.4, 0.5) is 0 Å². The molecule has 2 heterocycles. The molecular formula is C13H22N2O2S2. The number of thiazole rings is 1. The topological polar surface area (TPSA) is 59.1 Å². The standard InChI is InChI=1S/C13H22N2O2S2/c1-10-13(18-9-15-10)4-3-11(7-14-2)12-5-6-19(16,17)8-12/h9,11-12,14H,3-8H2,1-2H3. The second-order valence-electron chi connectivity index (χ2n) is 5.38. The molecule has 0 radical (unpaired) electrons. The number of rotatable bonds is 6. The smallest absolute Gasteiger partial charge is 0.150 e. The number of nitrogens with one attached hydrogen (secondary N) is 1. The summed E-state index contributed by atoms with van der Waals surface area (Å²) in [4.78, 5) is 5.60. The molecular weight excluding hydrogens is 280 g/mol. The largest absolute Gasteiger partial charge is 0.319 e. The van der Waals surface area contributed by atoms with Crippen LogP contribution in [0, 0.1) is 18.8 Å². The molecule has 4 nitrogen and oxygen atoms in total. The quantitative estimate of drug-likeness (QED) is 0.868. The van der Waals surface area contributed by atoms with E-state index in [1.165, 1.54) is 4.88 Å². The van der Waals surface area contributed by atoms with Gasteiger partial charge in [0.2, 0.25) is 0 Å². The molecule has 19 heavy (non-hydrogen) atoms. The minimum atomic E-state index is -2.78. The van der Waals surface area contributed by atoms with Crippen molar-refractivity contribution < 1.29 is 8.42 Å². The van der Waals surface area contributed by atoms with Crippen LogP contribution in [0.15, 0.2) is 5.51 Å². The molecule has 1 aliphatic rings. The van der Waals surface area contributed by atoms with Crippen molar-refractivity contribution in [2.45, 2.75) is 26.2 Å². The van der Waals surface area contributed by atoms with E-state index in [4.69, 9.17) is 0 Å². The van der Waals surface area contributed by atoms with Gasteiger partial charge in [0.25, 0.3) is 0 Å². The maximum absolute atomic E-state index is 11.6. The summed E-state index contributed by atoms with van der Waals surface area (Å²) in [5.41, 5.74) is 3.00. The zero-order chi connectivity index (χ0) is 13.9. The normalized spacial score (nSPS) is 23.6. The van der Waals surface area contributed by atoms with E-state index in [9.17, 15) is 8.42 Å². The zero-order valence-corrected chi connectivity index (χ0v) is 13.2. The molecule has 0 aliphatic carbocycles. The van der Waals surface area contributed by atoms with Gasteiger partial charge in [0.05, 0.1) is 22.7 Å². The Morgan fingerprint density at radius 1 is 1.58 bits per heavy atom. The molecule has 1 aromatic rings. The fourth-order valence-electron chi connectivity index (χ4n) is 2.84. The first-order chi connectivity index (χ1) is 9.02. The van der Waals surface area contributed by atoms with Gasteiger partial charge in [0.15, 0.2) is 9.84 Å². The highest BCUT2D eigenvalue weighted by Crippen LogP contribution is 2.29. The summed E-state index contributed by atoms with van der Waals surface area (Å²) in [6.07, 6.45) is 2.89. The van der Waals surface area contributed by atoms with Crippen LogP contribution < -0.4 is 5.32 Å². The van der Waals surface area contributed by atoms with E-state index in [2.05, 4.69) is 10.3 Å². The minimum Gasteiger partial charge on any atom is -0.319 e. The summed E-state index contributed by atoms with van der Waals surface area (Å²) in [7, 11) is -0.838. The molecule has 2 unspecified atom stereocenters. The van der Waals surface area contributed by atoms with Gasteiger partial charge in [-0.25, -0.2) is 13.4 Å². The Morgan fingerprint density at radius 2 is 2.37 bits per heavy atom. The number of hydrogen-bond acceptors (Lipinski definition) is 5. The number of nitrogens with zero attached hydrogens (tertiary/aromatic N) is 1. The molecule has 0 amide bonds. The number of hydrogen-bond donors (Lipinski definition) is 1. The average Bonchev–Trinajstić information content (AvgIpc) is 2.91. The van der Waals surface area contributed by atoms with Crippen LogP contribution in [-0.2, 0) is 16.3 Å². The maximum atomic E-state index is 11.6. The lowest BCUT2D eigenvalue weighted by molar-refractivity contribution is 0.333. The summed E-state index contributed by atoms with van der Waals surface area (Å²) >= 11 is 1.70. The maximum Gasteiger partial charge on any atom is 0.150 e. The molecule has 108 valence electrons. The molecule has 6 heteroatoms. The SMILES string of the molecule is CNCC(CCc1scnc1C)C1CCS(=O)(=O)C1. The summed E-state index contributed by atoms with van der Waals surface area (Å²) in [6, 6.07) is 0. The molecule has 1 saturated heterocycles. The second-order valence-corrected chi connectivity index (χ2v) is 8.55. The van der Waals surface area contributed by atoms with Gasteiger partial charge in [-0.15, -0.1) is 11.3 Å². The molecule has 1 N–H and O–H groups in total. The summed E-state index contributed by atoms with van der Waals surface area (Å²) < 4.78 is 23.2. The molecule has 0 saturated carbocycles. The van der Waals surface area contributed by atoms with Crippen LogP contribution in [0.3, 0.4) is 0 Å². The first kappa shape index (κ1) is 14.9. The Hall–Kier alpha value is -0.460. The summed E-state index contributed by atoms with van der Waals surface area (Å²) in [5.74, 6) is 1.52. The van der Waals surface area contributed by atoms with E-state index in [-0.39, 0.29) is 0 Å². The van der Waals surface area contributed by atoms with Crippen molar-refractivity contribution in [2.24, 2.45) is 11.8 Å². The van der Waals surface area contributed by atoms with Crippen molar-refractivity contribution in [1.29, 1.82) is 0 Å². The van der Waals surface area contributed by atoms with E-state index in [1.54, 1.807) is 11.3 Å². The first-order valence-electron chi connectivity index (χ1n) is 6.76. The lowest BCUT2D eigenvalue weighted by Gasteiger charge is -2.22. The third kappa shape index (κ3) is 4.00. The van der Waals surface area contributed by atoms with Gasteiger partial charge in [-0.2, -0.15) is 0 Å². The zero-order valence-electron chi connectivity index (χ0n) is 11.6. The highest BCUT2D eigenvalue weighted by atomic mass is 32.2. The van der Waals surface area contributed by atoms with Crippen molar-refractivity contribution >= 4 is 21.2 Å². The number of sulfone groups is 1. The first-order valence-corrected chi connectivity index (χ1v) is 9.46. The van der Waals surface area contributed by atoms with E-state index in [1.807, 2.05) is 19.5 Å². The Morgan fingerprint density at radius 3 is 2.89 bits per heavy atom. The highest BCUT2D eigenvalue weighted by molar-refractivity contribution is 7.91. The Kier molecular flexibility index (Phi) is 4.97. The van der Waals surface area contributed by atoms with Crippen molar-refractivity contribution in [2.75, 3.05) is 25.1 Å². The average molecular weight is 302 g/mol. The van der Waals surface area contributed by atoms with Crippen molar-refractivity contribution in [3.05, 3.63) is 16.1 Å². The fraction of sp³-hybridized carbons (Fsp3) is 0.769. The third-order valence-electron chi connectivity index (χ3n) is 3.99. The van der Waals surface area contributed by atoms with Crippen LogP contribution >= 0.6 is 11.3 Å². The lowest BCUT2D eigenvalue weighted by atomic mass is 9.87. The molecule has 1 fully saturated rings. The summed E-state index contributed by atoms with van der Waals surface area (Å²) in [6.45, 7) is 2.94. The van der Waals surface area contributed by atoms with Gasteiger partial charge in [0, 0.05) is 4.88 Å². The third-order valence-corrected chi connectivity index (χ3v) is 6.78. The monoisotopic (exact) mass is 302 g/mol. The van der Waals surface area contributed by atoms with Gasteiger partial charge in [0.1, 0.15) is 0 Å². The van der Waals surface area contributed by atoms with Gasteiger partial charge in [-0.05, 0) is 51.6 Å². The molecule has 0 bridgehead atoms. The molecule has 2 atom stereocenters. The fourth-order valence-corrected chi connectivity index (χ4v) is 5.56. The van der Waals surface area contributed by atoms with Crippen LogP contribution in [0.1, 0.15) is 23.4 Å². The Bertz CT molecular complexity index is 510. The van der Waals surface area contributed by atoms with Crippen molar-refractivity contribution in [3.63, 3.8) is 0 Å². The molecule has 1 aliphatic heterocycles. The van der Waals surface area contributed by atoms with Crippen molar-refractivity contribution in [1.82, 2.24) is 10.3 Å².